The second-order valence-corrected chi connectivity index (χ2v) is 9.11. The first-order chi connectivity index (χ1) is 19.6. The molecule has 4 heteroatoms. The van der Waals surface area contributed by atoms with Gasteiger partial charge in [0.2, 0.25) is 0 Å². The van der Waals surface area contributed by atoms with Gasteiger partial charge in [-0.25, -0.2) is 0 Å². The molecule has 0 radical (unpaired) electrons. The van der Waals surface area contributed by atoms with Crippen LogP contribution in [0.4, 0.5) is 0 Å². The minimum Gasteiger partial charge on any atom is -0.508 e. The molecular weight excluding hydrogens is 496 g/mol. The molecule has 2 N–H and O–H groups in total. The summed E-state index contributed by atoms with van der Waals surface area (Å²) in [5, 5.41) is 19.1. The molecule has 0 saturated heterocycles. The summed E-state index contributed by atoms with van der Waals surface area (Å²) in [6, 6.07) is 11.6. The average molecular weight is 539 g/mol. The summed E-state index contributed by atoms with van der Waals surface area (Å²) in [6.07, 6.45) is 36.3. The number of ether oxygens (including phenoxy) is 1. The first kappa shape index (κ1) is 31.9. The van der Waals surface area contributed by atoms with Crippen LogP contribution in [0.3, 0.4) is 0 Å². The van der Waals surface area contributed by atoms with Crippen molar-refractivity contribution >= 4 is 18.1 Å². The highest BCUT2D eigenvalue weighted by atomic mass is 16.5. The van der Waals surface area contributed by atoms with Crippen LogP contribution < -0.4 is 4.74 Å². The second kappa shape index (κ2) is 20.6. The van der Waals surface area contributed by atoms with Crippen LogP contribution in [0.25, 0.3) is 12.2 Å². The summed E-state index contributed by atoms with van der Waals surface area (Å²) >= 11 is 0. The van der Waals surface area contributed by atoms with E-state index in [0.29, 0.717) is 24.2 Å². The predicted molar refractivity (Wildman–Crippen MR) is 168 cm³/mol. The van der Waals surface area contributed by atoms with Gasteiger partial charge in [0.1, 0.15) is 17.2 Å². The van der Waals surface area contributed by atoms with Gasteiger partial charge in [-0.15, -0.1) is 0 Å². The van der Waals surface area contributed by atoms with Crippen LogP contribution >= 0.6 is 0 Å². The van der Waals surface area contributed by atoms with Crippen molar-refractivity contribution < 1.29 is 19.7 Å². The van der Waals surface area contributed by atoms with Gasteiger partial charge in [-0.05, 0) is 80.3 Å². The van der Waals surface area contributed by atoms with E-state index in [9.17, 15) is 15.0 Å². The maximum Gasteiger partial charge on any atom is 0.311 e. The molecule has 0 atom stereocenters. The number of carbonyl (C=O) groups is 1. The summed E-state index contributed by atoms with van der Waals surface area (Å²) in [7, 11) is 0. The lowest BCUT2D eigenvalue weighted by Gasteiger charge is -2.04. The fourth-order valence-electron chi connectivity index (χ4n) is 3.58. The summed E-state index contributed by atoms with van der Waals surface area (Å²) in [6.45, 7) is 2.15. The Balaban J connectivity index is 1.54. The minimum absolute atomic E-state index is 0.00549. The number of esters is 1. The van der Waals surface area contributed by atoms with Crippen molar-refractivity contribution in [3.05, 3.63) is 127 Å². The molecule has 2 aromatic rings. The quantitative estimate of drug-likeness (QED) is 0.0910. The van der Waals surface area contributed by atoms with E-state index < -0.39 is 0 Å². The van der Waals surface area contributed by atoms with E-state index in [1.165, 1.54) is 6.07 Å². The number of allylic oxidation sites excluding steroid dienone is 12. The third-order valence-corrected chi connectivity index (χ3v) is 5.62. The standard InChI is InChI=1S/C36H42O4/c1-2-3-4-5-6-7-8-9-10-11-12-13-14-15-16-17-18-19-20-21-36(39)40-35-26-24-31(25-27-35)22-23-32-28-33(37)30-34(38)29-32/h3-4,6-7,9-10,12-13,15-16,18-19,22-30,37-38H,2,5,8,11,14,17,20-21H2,1H3/b4-3+,7-6+,10-9+,13-12+,16-15+,19-18+,23-22+. The van der Waals surface area contributed by atoms with E-state index in [2.05, 4.69) is 73.8 Å². The normalized spacial score (nSPS) is 12.5. The van der Waals surface area contributed by atoms with Crippen LogP contribution in [0.15, 0.2) is 115 Å². The fraction of sp³-hybridized carbons (Fsp3) is 0.250. The summed E-state index contributed by atoms with van der Waals surface area (Å²) in [4.78, 5) is 12.1. The van der Waals surface area contributed by atoms with Crippen molar-refractivity contribution in [2.75, 3.05) is 0 Å². The molecule has 0 aliphatic rings. The number of aromatic hydroxyl groups is 2. The first-order valence-electron chi connectivity index (χ1n) is 14.0. The van der Waals surface area contributed by atoms with Crippen molar-refractivity contribution in [1.29, 1.82) is 0 Å². The Bertz CT molecular complexity index is 1190. The molecule has 0 fully saturated rings. The molecule has 0 saturated carbocycles. The molecule has 40 heavy (non-hydrogen) atoms. The topological polar surface area (TPSA) is 66.8 Å². The maximum atomic E-state index is 12.1. The van der Waals surface area contributed by atoms with E-state index in [1.54, 1.807) is 30.3 Å². The van der Waals surface area contributed by atoms with Crippen LogP contribution in [0.2, 0.25) is 0 Å². The van der Waals surface area contributed by atoms with Gasteiger partial charge in [0.05, 0.1) is 0 Å². The molecule has 0 heterocycles. The van der Waals surface area contributed by atoms with Gasteiger partial charge in [-0.2, -0.15) is 0 Å². The smallest absolute Gasteiger partial charge is 0.311 e. The van der Waals surface area contributed by atoms with Gasteiger partial charge in [-0.1, -0.05) is 104 Å². The number of carbonyl (C=O) groups excluding carboxylic acids is 1. The molecule has 210 valence electrons. The highest BCUT2D eigenvalue weighted by Crippen LogP contribution is 2.22. The number of hydrogen-bond donors (Lipinski definition) is 2. The Morgan fingerprint density at radius 2 is 1.07 bits per heavy atom. The number of phenols is 2. The van der Waals surface area contributed by atoms with Crippen LogP contribution in [0.5, 0.6) is 17.2 Å². The fourth-order valence-corrected chi connectivity index (χ4v) is 3.58. The SMILES string of the molecule is CC/C=C/C/C=C/C/C=C/C/C=C/C/C=C/C/C=C/CCC(=O)Oc1ccc(/C=C/c2cc(O)cc(O)c2)cc1. The Labute approximate surface area is 239 Å². The number of benzene rings is 2. The summed E-state index contributed by atoms with van der Waals surface area (Å²) < 4.78 is 5.41. The lowest BCUT2D eigenvalue weighted by atomic mass is 10.1. The minimum atomic E-state index is -0.266. The maximum absolute atomic E-state index is 12.1. The van der Waals surface area contributed by atoms with Crippen molar-refractivity contribution in [2.45, 2.75) is 58.3 Å². The van der Waals surface area contributed by atoms with E-state index in [1.807, 2.05) is 24.3 Å². The third kappa shape index (κ3) is 15.8. The Kier molecular flexibility index (Phi) is 16.5. The van der Waals surface area contributed by atoms with Gasteiger partial charge in [0, 0.05) is 12.5 Å². The third-order valence-electron chi connectivity index (χ3n) is 5.62. The largest absolute Gasteiger partial charge is 0.508 e. The van der Waals surface area contributed by atoms with E-state index in [0.717, 1.165) is 44.1 Å². The van der Waals surface area contributed by atoms with Crippen molar-refractivity contribution in [1.82, 2.24) is 0 Å². The van der Waals surface area contributed by atoms with Gasteiger partial charge >= 0.3 is 5.97 Å². The molecule has 0 amide bonds. The van der Waals surface area contributed by atoms with Gasteiger partial charge < -0.3 is 14.9 Å². The molecule has 0 spiro atoms. The molecule has 2 aromatic carbocycles. The van der Waals surface area contributed by atoms with E-state index in [-0.39, 0.29) is 17.5 Å². The molecule has 0 aromatic heterocycles. The zero-order valence-corrected chi connectivity index (χ0v) is 23.5. The van der Waals surface area contributed by atoms with Crippen LogP contribution in [0, 0.1) is 0 Å². The lowest BCUT2D eigenvalue weighted by Crippen LogP contribution is -2.06. The summed E-state index contributed by atoms with van der Waals surface area (Å²) in [5.41, 5.74) is 1.59. The van der Waals surface area contributed by atoms with Gasteiger partial charge in [0.25, 0.3) is 0 Å². The molecule has 0 aliphatic carbocycles. The highest BCUT2D eigenvalue weighted by Gasteiger charge is 2.03. The number of rotatable bonds is 17. The monoisotopic (exact) mass is 538 g/mol. The molecule has 2 rings (SSSR count). The number of phenolic OH excluding ortho intramolecular Hbond substituents is 2. The number of hydrogen-bond acceptors (Lipinski definition) is 4. The van der Waals surface area contributed by atoms with Crippen LogP contribution in [0.1, 0.15) is 69.4 Å². The van der Waals surface area contributed by atoms with E-state index in [4.69, 9.17) is 4.74 Å². The average Bonchev–Trinajstić information content (AvgIpc) is 2.93. The molecule has 0 unspecified atom stereocenters. The molecule has 0 bridgehead atoms. The highest BCUT2D eigenvalue weighted by molar-refractivity contribution is 5.73. The zero-order valence-electron chi connectivity index (χ0n) is 23.5. The summed E-state index contributed by atoms with van der Waals surface area (Å²) in [5.74, 6) is 0.245. The van der Waals surface area contributed by atoms with Gasteiger partial charge in [0.15, 0.2) is 0 Å². The molecule has 4 nitrogen and oxygen atoms in total. The van der Waals surface area contributed by atoms with Crippen LogP contribution in [-0.2, 0) is 4.79 Å². The van der Waals surface area contributed by atoms with Crippen molar-refractivity contribution in [3.8, 4) is 17.2 Å². The lowest BCUT2D eigenvalue weighted by molar-refractivity contribution is -0.134. The zero-order chi connectivity index (χ0) is 28.7. The van der Waals surface area contributed by atoms with E-state index >= 15 is 0 Å². The van der Waals surface area contributed by atoms with Crippen LogP contribution in [-0.4, -0.2) is 16.2 Å². The first-order valence-corrected chi connectivity index (χ1v) is 14.0. The predicted octanol–water partition coefficient (Wildman–Crippen LogP) is 9.65. The van der Waals surface area contributed by atoms with Crippen molar-refractivity contribution in [2.24, 2.45) is 0 Å². The molecule has 0 aliphatic heterocycles. The molecular formula is C36H42O4. The van der Waals surface area contributed by atoms with Crippen molar-refractivity contribution in [3.63, 3.8) is 0 Å². The van der Waals surface area contributed by atoms with Gasteiger partial charge in [-0.3, -0.25) is 4.79 Å². The second-order valence-electron chi connectivity index (χ2n) is 9.11. The Morgan fingerprint density at radius 3 is 1.57 bits per heavy atom. The Morgan fingerprint density at radius 1 is 0.625 bits per heavy atom. The Hall–Kier alpha value is -4.31.